The fourth-order valence-corrected chi connectivity index (χ4v) is 1.87. The lowest BCUT2D eigenvalue weighted by Gasteiger charge is -2.26. The zero-order chi connectivity index (χ0) is 12.9. The molecule has 0 saturated heterocycles. The second-order valence-corrected chi connectivity index (χ2v) is 5.49. The van der Waals surface area contributed by atoms with Crippen LogP contribution in [0.25, 0.3) is 0 Å². The molecule has 3 nitrogen and oxygen atoms in total. The van der Waals surface area contributed by atoms with E-state index in [0.29, 0.717) is 6.61 Å². The number of ether oxygens (including phenoxy) is 1. The van der Waals surface area contributed by atoms with Gasteiger partial charge >= 0.3 is 0 Å². The van der Waals surface area contributed by atoms with E-state index in [-0.39, 0.29) is 11.5 Å². The summed E-state index contributed by atoms with van der Waals surface area (Å²) in [6, 6.07) is 8.28. The molecule has 0 saturated carbocycles. The minimum absolute atomic E-state index is 0.162. The van der Waals surface area contributed by atoms with Gasteiger partial charge in [-0.25, -0.2) is 0 Å². The van der Waals surface area contributed by atoms with Crippen molar-refractivity contribution in [3.63, 3.8) is 0 Å². The summed E-state index contributed by atoms with van der Waals surface area (Å²) in [4.78, 5) is 0. The molecule has 0 aliphatic heterocycles. The molecular formula is C14H24N2O. The fourth-order valence-electron chi connectivity index (χ4n) is 1.87. The summed E-state index contributed by atoms with van der Waals surface area (Å²) < 4.78 is 5.50. The molecule has 0 aliphatic carbocycles. The van der Waals surface area contributed by atoms with Crippen LogP contribution in [0, 0.1) is 5.41 Å². The Bertz CT molecular complexity index is 344. The number of rotatable bonds is 5. The molecule has 3 heteroatoms. The van der Waals surface area contributed by atoms with E-state index in [4.69, 9.17) is 10.6 Å². The third-order valence-corrected chi connectivity index (χ3v) is 2.59. The lowest BCUT2D eigenvalue weighted by molar-refractivity contribution is 0.310. The van der Waals surface area contributed by atoms with E-state index in [1.54, 1.807) is 0 Å². The normalized spacial score (nSPS) is 13.5. The van der Waals surface area contributed by atoms with Crippen molar-refractivity contribution < 1.29 is 4.74 Å². The van der Waals surface area contributed by atoms with Gasteiger partial charge in [0.25, 0.3) is 0 Å². The van der Waals surface area contributed by atoms with Crippen LogP contribution >= 0.6 is 0 Å². The molecule has 3 N–H and O–H groups in total. The van der Waals surface area contributed by atoms with Crippen molar-refractivity contribution in [3.05, 3.63) is 29.8 Å². The van der Waals surface area contributed by atoms with E-state index in [1.165, 1.54) is 5.56 Å². The number of hydrogen-bond donors (Lipinski definition) is 2. The van der Waals surface area contributed by atoms with Gasteiger partial charge in [-0.15, -0.1) is 0 Å². The van der Waals surface area contributed by atoms with Gasteiger partial charge in [0.05, 0.1) is 6.61 Å². The number of nitrogens with one attached hydrogen (secondary N) is 1. The number of hydrogen-bond acceptors (Lipinski definition) is 3. The average Bonchev–Trinajstić information content (AvgIpc) is 2.25. The Balaban J connectivity index is 2.84. The molecule has 1 atom stereocenters. The van der Waals surface area contributed by atoms with Crippen LogP contribution in [0.15, 0.2) is 24.3 Å². The first-order chi connectivity index (χ1) is 7.96. The first-order valence-electron chi connectivity index (χ1n) is 6.15. The first-order valence-corrected chi connectivity index (χ1v) is 6.15. The molecule has 0 heterocycles. The molecule has 0 fully saturated rings. The highest BCUT2D eigenvalue weighted by Crippen LogP contribution is 2.30. The van der Waals surface area contributed by atoms with Crippen molar-refractivity contribution in [2.75, 3.05) is 6.61 Å². The summed E-state index contributed by atoms with van der Waals surface area (Å²) in [5, 5.41) is 0. The van der Waals surface area contributed by atoms with Crippen molar-refractivity contribution in [1.29, 1.82) is 0 Å². The molecule has 0 bridgehead atoms. The van der Waals surface area contributed by atoms with Crippen molar-refractivity contribution in [3.8, 4) is 5.75 Å². The zero-order valence-electron chi connectivity index (χ0n) is 11.3. The number of hydrazine groups is 1. The average molecular weight is 236 g/mol. The molecule has 0 spiro atoms. The summed E-state index contributed by atoms with van der Waals surface area (Å²) in [7, 11) is 0. The third kappa shape index (κ3) is 4.75. The highest BCUT2D eigenvalue weighted by molar-refractivity contribution is 5.30. The van der Waals surface area contributed by atoms with Gasteiger partial charge in [0.1, 0.15) is 5.75 Å². The lowest BCUT2D eigenvalue weighted by Crippen LogP contribution is -2.31. The van der Waals surface area contributed by atoms with Crippen molar-refractivity contribution in [2.45, 2.75) is 40.2 Å². The highest BCUT2D eigenvalue weighted by atomic mass is 16.5. The van der Waals surface area contributed by atoms with E-state index in [2.05, 4.69) is 38.3 Å². The molecule has 1 rings (SSSR count). The predicted octanol–water partition coefficient (Wildman–Crippen LogP) is 3.03. The summed E-state index contributed by atoms with van der Waals surface area (Å²) in [6.45, 7) is 9.31. The van der Waals surface area contributed by atoms with Gasteiger partial charge in [-0.05, 0) is 36.5 Å². The summed E-state index contributed by atoms with van der Waals surface area (Å²) >= 11 is 0. The lowest BCUT2D eigenvalue weighted by atomic mass is 9.86. The Hall–Kier alpha value is -1.06. The predicted molar refractivity (Wildman–Crippen MR) is 71.7 cm³/mol. The fraction of sp³-hybridized carbons (Fsp3) is 0.571. The Kier molecular flexibility index (Phi) is 4.97. The van der Waals surface area contributed by atoms with E-state index in [1.807, 2.05) is 19.1 Å². The number of nitrogens with two attached hydrogens (primary N) is 1. The largest absolute Gasteiger partial charge is 0.494 e. The van der Waals surface area contributed by atoms with E-state index in [9.17, 15) is 0 Å². The van der Waals surface area contributed by atoms with Gasteiger partial charge in [0.15, 0.2) is 0 Å². The van der Waals surface area contributed by atoms with Gasteiger partial charge in [-0.2, -0.15) is 0 Å². The van der Waals surface area contributed by atoms with Gasteiger partial charge in [0.2, 0.25) is 0 Å². The molecule has 0 aliphatic rings. The Morgan fingerprint density at radius 1 is 1.35 bits per heavy atom. The van der Waals surface area contributed by atoms with Crippen LogP contribution in [0.2, 0.25) is 0 Å². The van der Waals surface area contributed by atoms with Crippen molar-refractivity contribution >= 4 is 0 Å². The molecular weight excluding hydrogens is 212 g/mol. The third-order valence-electron chi connectivity index (χ3n) is 2.59. The van der Waals surface area contributed by atoms with Crippen LogP contribution in [0.1, 0.15) is 45.7 Å². The maximum Gasteiger partial charge on any atom is 0.119 e. The van der Waals surface area contributed by atoms with E-state index < -0.39 is 0 Å². The topological polar surface area (TPSA) is 47.3 Å². The highest BCUT2D eigenvalue weighted by Gasteiger charge is 2.19. The van der Waals surface area contributed by atoms with Crippen LogP contribution in [0.3, 0.4) is 0 Å². The Morgan fingerprint density at radius 2 is 2.06 bits per heavy atom. The minimum Gasteiger partial charge on any atom is -0.494 e. The van der Waals surface area contributed by atoms with Crippen molar-refractivity contribution in [1.82, 2.24) is 5.43 Å². The molecule has 17 heavy (non-hydrogen) atoms. The maximum absolute atomic E-state index is 5.65. The number of benzene rings is 1. The van der Waals surface area contributed by atoms with Crippen LogP contribution in [-0.4, -0.2) is 6.61 Å². The second-order valence-electron chi connectivity index (χ2n) is 5.49. The van der Waals surface area contributed by atoms with Crippen LogP contribution in [0.4, 0.5) is 0 Å². The van der Waals surface area contributed by atoms with Gasteiger partial charge in [-0.3, -0.25) is 11.3 Å². The molecule has 1 aromatic rings. The molecule has 1 unspecified atom stereocenters. The quantitative estimate of drug-likeness (QED) is 0.610. The molecule has 0 amide bonds. The van der Waals surface area contributed by atoms with Crippen LogP contribution in [-0.2, 0) is 0 Å². The molecule has 96 valence electrons. The molecule has 0 aromatic heterocycles. The molecule has 0 radical (unpaired) electrons. The Labute approximate surface area is 104 Å². The summed E-state index contributed by atoms with van der Waals surface area (Å²) in [6.07, 6.45) is 0.985. The SMILES string of the molecule is CCOc1cccc(C(CC(C)(C)C)NN)c1. The van der Waals surface area contributed by atoms with Gasteiger partial charge < -0.3 is 4.74 Å². The minimum atomic E-state index is 0.162. The smallest absolute Gasteiger partial charge is 0.119 e. The summed E-state index contributed by atoms with van der Waals surface area (Å²) in [5.74, 6) is 6.55. The van der Waals surface area contributed by atoms with Gasteiger partial charge in [0, 0.05) is 6.04 Å². The molecule has 1 aromatic carbocycles. The first kappa shape index (κ1) is 14.0. The van der Waals surface area contributed by atoms with E-state index >= 15 is 0 Å². The van der Waals surface area contributed by atoms with Crippen molar-refractivity contribution in [2.24, 2.45) is 11.3 Å². The zero-order valence-corrected chi connectivity index (χ0v) is 11.3. The van der Waals surface area contributed by atoms with Crippen LogP contribution in [0.5, 0.6) is 5.75 Å². The monoisotopic (exact) mass is 236 g/mol. The second kappa shape index (κ2) is 6.03. The maximum atomic E-state index is 5.65. The summed E-state index contributed by atoms with van der Waals surface area (Å²) in [5.41, 5.74) is 4.30. The standard InChI is InChI=1S/C14H24N2O/c1-5-17-12-8-6-7-11(9-12)13(16-15)10-14(2,3)4/h6-9,13,16H,5,10,15H2,1-4H3. The van der Waals surface area contributed by atoms with E-state index in [0.717, 1.165) is 12.2 Å². The van der Waals surface area contributed by atoms with Crippen LogP contribution < -0.4 is 16.0 Å². The van der Waals surface area contributed by atoms with Gasteiger partial charge in [-0.1, -0.05) is 32.9 Å². The Morgan fingerprint density at radius 3 is 2.59 bits per heavy atom.